The Morgan fingerprint density at radius 3 is 1.81 bits per heavy atom. The molecule has 0 heterocycles. The summed E-state index contributed by atoms with van der Waals surface area (Å²) in [5.74, 6) is 0. The van der Waals surface area contributed by atoms with Gasteiger partial charge in [0.05, 0.1) is 0 Å². The van der Waals surface area contributed by atoms with Crippen LogP contribution in [0.5, 0.6) is 0 Å². The van der Waals surface area contributed by atoms with Crippen molar-refractivity contribution in [3.8, 4) is 0 Å². The van der Waals surface area contributed by atoms with Gasteiger partial charge in [0.2, 0.25) is 0 Å². The molecule has 0 aromatic heterocycles. The first-order valence-corrected chi connectivity index (χ1v) is 6.95. The summed E-state index contributed by atoms with van der Waals surface area (Å²) in [5.41, 5.74) is 0. The minimum absolute atomic E-state index is 0.0472. The van der Waals surface area contributed by atoms with E-state index < -0.39 is 0 Å². The van der Waals surface area contributed by atoms with E-state index in [1.54, 1.807) is 7.11 Å². The number of hydrogen-bond donors (Lipinski definition) is 0. The summed E-state index contributed by atoms with van der Waals surface area (Å²) in [4.78, 5) is 0. The summed E-state index contributed by atoms with van der Waals surface area (Å²) in [6.07, 6.45) is 12.2. The van der Waals surface area contributed by atoms with E-state index in [9.17, 15) is 0 Å². The molecular formula is C14H30O2. The van der Waals surface area contributed by atoms with Crippen LogP contribution in [0.15, 0.2) is 0 Å². The molecular weight excluding hydrogens is 200 g/mol. The summed E-state index contributed by atoms with van der Waals surface area (Å²) in [6.45, 7) is 5.04. The Hall–Kier alpha value is -0.0800. The lowest BCUT2D eigenvalue weighted by molar-refractivity contribution is -0.111. The summed E-state index contributed by atoms with van der Waals surface area (Å²) in [5, 5.41) is 0. The zero-order chi connectivity index (χ0) is 12.1. The van der Waals surface area contributed by atoms with Gasteiger partial charge in [-0.2, -0.15) is 0 Å². The fourth-order valence-corrected chi connectivity index (χ4v) is 1.73. The minimum Gasteiger partial charge on any atom is -0.356 e. The molecule has 0 fully saturated rings. The molecule has 2 nitrogen and oxygen atoms in total. The van der Waals surface area contributed by atoms with E-state index in [1.165, 1.54) is 57.8 Å². The van der Waals surface area contributed by atoms with Crippen molar-refractivity contribution in [3.63, 3.8) is 0 Å². The molecule has 0 aliphatic heterocycles. The van der Waals surface area contributed by atoms with E-state index in [-0.39, 0.29) is 6.29 Å². The van der Waals surface area contributed by atoms with Crippen LogP contribution >= 0.6 is 0 Å². The molecule has 0 bridgehead atoms. The number of unbranched alkanes of at least 4 members (excludes halogenated alkanes) is 8. The molecule has 0 radical (unpaired) electrons. The average Bonchev–Trinajstić information content (AvgIpc) is 2.31. The molecule has 0 N–H and O–H groups in total. The molecule has 0 aliphatic carbocycles. The molecule has 98 valence electrons. The lowest BCUT2D eigenvalue weighted by Gasteiger charge is -2.10. The van der Waals surface area contributed by atoms with Crippen LogP contribution in [0.25, 0.3) is 0 Å². The highest BCUT2D eigenvalue weighted by molar-refractivity contribution is 4.46. The van der Waals surface area contributed by atoms with E-state index in [4.69, 9.17) is 9.47 Å². The topological polar surface area (TPSA) is 18.5 Å². The Morgan fingerprint density at radius 2 is 1.31 bits per heavy atom. The molecule has 0 aromatic carbocycles. The summed E-state index contributed by atoms with van der Waals surface area (Å²) >= 11 is 0. The van der Waals surface area contributed by atoms with Gasteiger partial charge in [-0.25, -0.2) is 0 Å². The van der Waals surface area contributed by atoms with Crippen molar-refractivity contribution in [1.82, 2.24) is 0 Å². The fourth-order valence-electron chi connectivity index (χ4n) is 1.73. The van der Waals surface area contributed by atoms with Crippen molar-refractivity contribution in [2.24, 2.45) is 0 Å². The van der Waals surface area contributed by atoms with E-state index in [1.807, 2.05) is 6.92 Å². The van der Waals surface area contributed by atoms with Crippen LogP contribution in [0.2, 0.25) is 0 Å². The van der Waals surface area contributed by atoms with E-state index in [2.05, 4.69) is 6.92 Å². The van der Waals surface area contributed by atoms with Crippen molar-refractivity contribution < 1.29 is 9.47 Å². The first-order valence-electron chi connectivity index (χ1n) is 6.95. The van der Waals surface area contributed by atoms with Gasteiger partial charge >= 0.3 is 0 Å². The Bertz CT molecular complexity index is 126. The van der Waals surface area contributed by atoms with Crippen LogP contribution < -0.4 is 0 Å². The van der Waals surface area contributed by atoms with Gasteiger partial charge in [-0.3, -0.25) is 0 Å². The lowest BCUT2D eigenvalue weighted by atomic mass is 10.1. The number of methoxy groups -OCH3 is 1. The Morgan fingerprint density at radius 1 is 0.812 bits per heavy atom. The Labute approximate surface area is 102 Å². The minimum atomic E-state index is -0.0472. The largest absolute Gasteiger partial charge is 0.356 e. The second-order valence-corrected chi connectivity index (χ2v) is 4.50. The highest BCUT2D eigenvalue weighted by Gasteiger charge is 1.97. The highest BCUT2D eigenvalue weighted by atomic mass is 16.7. The molecule has 2 heteroatoms. The van der Waals surface area contributed by atoms with Gasteiger partial charge in [-0.1, -0.05) is 58.3 Å². The van der Waals surface area contributed by atoms with Gasteiger partial charge in [0.1, 0.15) is 0 Å². The Kier molecular flexibility index (Phi) is 12.9. The second-order valence-electron chi connectivity index (χ2n) is 4.50. The maximum Gasteiger partial charge on any atom is 0.154 e. The standard InChI is InChI=1S/C14H30O2/c1-4-5-6-7-8-9-10-11-12-13-16-14(2)15-3/h14H,4-13H2,1-3H3. The van der Waals surface area contributed by atoms with Gasteiger partial charge in [0, 0.05) is 13.7 Å². The first-order chi connectivity index (χ1) is 7.81. The summed E-state index contributed by atoms with van der Waals surface area (Å²) in [6, 6.07) is 0. The monoisotopic (exact) mass is 230 g/mol. The maximum atomic E-state index is 5.43. The molecule has 0 spiro atoms. The zero-order valence-electron chi connectivity index (χ0n) is 11.5. The van der Waals surface area contributed by atoms with Gasteiger partial charge in [0.15, 0.2) is 6.29 Å². The van der Waals surface area contributed by atoms with Gasteiger partial charge in [-0.15, -0.1) is 0 Å². The van der Waals surface area contributed by atoms with Gasteiger partial charge in [-0.05, 0) is 13.3 Å². The van der Waals surface area contributed by atoms with Crippen molar-refractivity contribution in [2.45, 2.75) is 77.9 Å². The smallest absolute Gasteiger partial charge is 0.154 e. The maximum absolute atomic E-state index is 5.43. The first kappa shape index (κ1) is 15.9. The normalized spacial score (nSPS) is 12.9. The molecule has 0 saturated heterocycles. The summed E-state index contributed by atoms with van der Waals surface area (Å²) in [7, 11) is 1.68. The second kappa shape index (κ2) is 13.0. The van der Waals surface area contributed by atoms with E-state index >= 15 is 0 Å². The fraction of sp³-hybridized carbons (Fsp3) is 1.00. The molecule has 1 atom stereocenters. The third-order valence-electron chi connectivity index (χ3n) is 2.93. The third-order valence-corrected chi connectivity index (χ3v) is 2.93. The van der Waals surface area contributed by atoms with E-state index in [0.29, 0.717) is 0 Å². The summed E-state index contributed by atoms with van der Waals surface area (Å²) < 4.78 is 10.4. The molecule has 1 unspecified atom stereocenters. The molecule has 0 aromatic rings. The van der Waals surface area contributed by atoms with E-state index in [0.717, 1.165) is 6.61 Å². The van der Waals surface area contributed by atoms with Gasteiger partial charge < -0.3 is 9.47 Å². The van der Waals surface area contributed by atoms with Crippen molar-refractivity contribution in [3.05, 3.63) is 0 Å². The molecule has 0 rings (SSSR count). The lowest BCUT2D eigenvalue weighted by Crippen LogP contribution is -2.10. The van der Waals surface area contributed by atoms with Gasteiger partial charge in [0.25, 0.3) is 0 Å². The predicted octanol–water partition coefficient (Wildman–Crippen LogP) is 4.53. The molecule has 16 heavy (non-hydrogen) atoms. The van der Waals surface area contributed by atoms with Crippen LogP contribution in [-0.4, -0.2) is 20.0 Å². The van der Waals surface area contributed by atoms with Crippen LogP contribution in [0, 0.1) is 0 Å². The average molecular weight is 230 g/mol. The van der Waals surface area contributed by atoms with Crippen LogP contribution in [0.4, 0.5) is 0 Å². The molecule has 0 saturated carbocycles. The van der Waals surface area contributed by atoms with Crippen molar-refractivity contribution in [2.75, 3.05) is 13.7 Å². The zero-order valence-corrected chi connectivity index (χ0v) is 11.5. The van der Waals surface area contributed by atoms with Crippen molar-refractivity contribution >= 4 is 0 Å². The third kappa shape index (κ3) is 12.0. The van der Waals surface area contributed by atoms with Crippen LogP contribution in [0.3, 0.4) is 0 Å². The predicted molar refractivity (Wildman–Crippen MR) is 69.7 cm³/mol. The highest BCUT2D eigenvalue weighted by Crippen LogP contribution is 2.09. The van der Waals surface area contributed by atoms with Crippen LogP contribution in [-0.2, 0) is 9.47 Å². The SMILES string of the molecule is CCCCCCCCCCCOC(C)OC. The number of rotatable bonds is 12. The number of ether oxygens (including phenoxy) is 2. The van der Waals surface area contributed by atoms with Crippen LogP contribution in [0.1, 0.15) is 71.6 Å². The quantitative estimate of drug-likeness (QED) is 0.362. The Balaban J connectivity index is 2.93. The molecule has 0 aliphatic rings. The van der Waals surface area contributed by atoms with Crippen molar-refractivity contribution in [1.29, 1.82) is 0 Å². The number of hydrogen-bond acceptors (Lipinski definition) is 2. The molecule has 0 amide bonds.